The summed E-state index contributed by atoms with van der Waals surface area (Å²) in [6.07, 6.45) is 0. The highest BCUT2D eigenvalue weighted by Crippen LogP contribution is 2.25. The number of rotatable bonds is 5. The summed E-state index contributed by atoms with van der Waals surface area (Å²) in [5, 5.41) is 13.7. The van der Waals surface area contributed by atoms with Crippen molar-refractivity contribution < 1.29 is 14.1 Å². The van der Waals surface area contributed by atoms with E-state index in [4.69, 9.17) is 4.74 Å². The Labute approximate surface area is 115 Å². The van der Waals surface area contributed by atoms with Gasteiger partial charge in [0.15, 0.2) is 0 Å². The summed E-state index contributed by atoms with van der Waals surface area (Å²) in [5.74, 6) is -0.196. The molecule has 0 bridgehead atoms. The van der Waals surface area contributed by atoms with E-state index in [9.17, 15) is 14.5 Å². The number of nitro benzene ring substituents is 1. The maximum absolute atomic E-state index is 13.9. The van der Waals surface area contributed by atoms with Crippen LogP contribution in [0.2, 0.25) is 0 Å². The van der Waals surface area contributed by atoms with Gasteiger partial charge in [-0.15, -0.1) is 0 Å². The number of hydrogen-bond donors (Lipinski definition) is 1. The number of methoxy groups -OCH3 is 1. The van der Waals surface area contributed by atoms with Crippen molar-refractivity contribution in [2.75, 3.05) is 12.4 Å². The van der Waals surface area contributed by atoms with Crippen molar-refractivity contribution in [1.29, 1.82) is 0 Å². The lowest BCUT2D eigenvalue weighted by atomic mass is 10.1. The molecule has 0 fully saturated rings. The van der Waals surface area contributed by atoms with Gasteiger partial charge in [0.25, 0.3) is 0 Å². The predicted molar refractivity (Wildman–Crippen MR) is 73.4 cm³/mol. The van der Waals surface area contributed by atoms with Crippen LogP contribution in [0.5, 0.6) is 5.75 Å². The molecule has 0 aliphatic heterocycles. The van der Waals surface area contributed by atoms with E-state index in [1.54, 1.807) is 12.1 Å². The van der Waals surface area contributed by atoms with Crippen LogP contribution in [-0.2, 0) is 6.54 Å². The van der Waals surface area contributed by atoms with Crippen molar-refractivity contribution in [3.8, 4) is 5.75 Å². The Hall–Kier alpha value is -2.63. The van der Waals surface area contributed by atoms with Crippen LogP contribution in [0.3, 0.4) is 0 Å². The fraction of sp³-hybridized carbons (Fsp3) is 0.143. The molecule has 1 N–H and O–H groups in total. The smallest absolute Gasteiger partial charge is 0.305 e. The summed E-state index contributed by atoms with van der Waals surface area (Å²) in [7, 11) is 1.54. The van der Waals surface area contributed by atoms with Crippen LogP contribution < -0.4 is 10.1 Å². The molecule has 0 spiro atoms. The summed E-state index contributed by atoms with van der Waals surface area (Å²) >= 11 is 0. The van der Waals surface area contributed by atoms with E-state index in [-0.39, 0.29) is 12.1 Å². The fourth-order valence-electron chi connectivity index (χ4n) is 1.82. The molecule has 0 saturated carbocycles. The lowest BCUT2D eigenvalue weighted by Crippen LogP contribution is -2.05. The summed E-state index contributed by atoms with van der Waals surface area (Å²) in [4.78, 5) is 9.94. The van der Waals surface area contributed by atoms with Crippen LogP contribution in [0.15, 0.2) is 42.5 Å². The Kier molecular flexibility index (Phi) is 4.14. The van der Waals surface area contributed by atoms with Crippen LogP contribution in [-0.4, -0.2) is 12.0 Å². The summed E-state index contributed by atoms with van der Waals surface area (Å²) < 4.78 is 19.1. The molecule has 0 aromatic heterocycles. The molecular formula is C14H13FN2O3. The van der Waals surface area contributed by atoms with E-state index < -0.39 is 16.4 Å². The number of halogens is 1. The number of nitro groups is 1. The molecule has 0 unspecified atom stereocenters. The molecule has 0 atom stereocenters. The van der Waals surface area contributed by atoms with Crippen molar-refractivity contribution in [3.05, 3.63) is 64.0 Å². The second kappa shape index (κ2) is 6.01. The van der Waals surface area contributed by atoms with Gasteiger partial charge in [-0.25, -0.2) is 0 Å². The zero-order valence-electron chi connectivity index (χ0n) is 10.8. The third-order valence-corrected chi connectivity index (χ3v) is 2.83. The molecular weight excluding hydrogens is 263 g/mol. The second-order valence-corrected chi connectivity index (χ2v) is 4.06. The van der Waals surface area contributed by atoms with E-state index in [2.05, 4.69) is 5.32 Å². The summed E-state index contributed by atoms with van der Waals surface area (Å²) in [6.45, 7) is 0.133. The molecule has 2 rings (SSSR count). The van der Waals surface area contributed by atoms with Crippen LogP contribution in [0.1, 0.15) is 5.56 Å². The monoisotopic (exact) mass is 276 g/mol. The van der Waals surface area contributed by atoms with Gasteiger partial charge in [-0.2, -0.15) is 4.39 Å². The van der Waals surface area contributed by atoms with Gasteiger partial charge in [-0.1, -0.05) is 24.3 Å². The van der Waals surface area contributed by atoms with Gasteiger partial charge in [0, 0.05) is 18.2 Å². The van der Waals surface area contributed by atoms with E-state index in [1.165, 1.54) is 19.2 Å². The normalized spacial score (nSPS) is 10.1. The molecule has 0 aliphatic rings. The van der Waals surface area contributed by atoms with Gasteiger partial charge in [0.05, 0.1) is 17.7 Å². The number of nitrogens with zero attached hydrogens (tertiary/aromatic N) is 1. The number of benzene rings is 2. The lowest BCUT2D eigenvalue weighted by molar-refractivity contribution is -0.387. The van der Waals surface area contributed by atoms with Crippen molar-refractivity contribution in [1.82, 2.24) is 0 Å². The van der Waals surface area contributed by atoms with Crippen LogP contribution in [0, 0.1) is 15.9 Å². The first-order chi connectivity index (χ1) is 9.63. The van der Waals surface area contributed by atoms with Gasteiger partial charge in [0.2, 0.25) is 5.82 Å². The van der Waals surface area contributed by atoms with Gasteiger partial charge in [-0.05, 0) is 12.1 Å². The van der Waals surface area contributed by atoms with Crippen molar-refractivity contribution >= 4 is 11.4 Å². The average molecular weight is 276 g/mol. The van der Waals surface area contributed by atoms with Crippen molar-refractivity contribution in [3.63, 3.8) is 0 Å². The topological polar surface area (TPSA) is 64.4 Å². The molecule has 2 aromatic rings. The molecule has 6 heteroatoms. The standard InChI is InChI=1S/C14H13FN2O3/c1-20-13-8-3-2-6-11(13)16-9-10-5-4-7-12(14(10)15)17(18)19/h2-8,16H,9H2,1H3. The van der Waals surface area contributed by atoms with Crippen LogP contribution in [0.4, 0.5) is 15.8 Å². The Morgan fingerprint density at radius 3 is 2.70 bits per heavy atom. The minimum absolute atomic E-state index is 0.133. The Balaban J connectivity index is 2.19. The highest BCUT2D eigenvalue weighted by molar-refractivity contribution is 5.56. The van der Waals surface area contributed by atoms with Crippen LogP contribution >= 0.6 is 0 Å². The molecule has 0 saturated heterocycles. The number of nitrogens with one attached hydrogen (secondary N) is 1. The highest BCUT2D eigenvalue weighted by atomic mass is 19.1. The number of hydrogen-bond acceptors (Lipinski definition) is 4. The van der Waals surface area contributed by atoms with Gasteiger partial charge in [0.1, 0.15) is 5.75 Å². The first-order valence-electron chi connectivity index (χ1n) is 5.92. The third kappa shape index (κ3) is 2.85. The molecule has 0 radical (unpaired) electrons. The zero-order valence-corrected chi connectivity index (χ0v) is 10.8. The Morgan fingerprint density at radius 1 is 1.25 bits per heavy atom. The second-order valence-electron chi connectivity index (χ2n) is 4.06. The summed E-state index contributed by atoms with van der Waals surface area (Å²) in [5.41, 5.74) is 0.398. The fourth-order valence-corrected chi connectivity index (χ4v) is 1.82. The SMILES string of the molecule is COc1ccccc1NCc1cccc([N+](=O)[O-])c1F. The van der Waals surface area contributed by atoms with E-state index in [1.807, 2.05) is 12.1 Å². The molecule has 2 aromatic carbocycles. The molecule has 5 nitrogen and oxygen atoms in total. The molecule has 0 aliphatic carbocycles. The third-order valence-electron chi connectivity index (χ3n) is 2.83. The van der Waals surface area contributed by atoms with E-state index in [0.717, 1.165) is 6.07 Å². The quantitative estimate of drug-likeness (QED) is 0.671. The van der Waals surface area contributed by atoms with E-state index in [0.29, 0.717) is 11.4 Å². The molecule has 0 heterocycles. The minimum Gasteiger partial charge on any atom is -0.495 e. The molecule has 0 amide bonds. The average Bonchev–Trinajstić information content (AvgIpc) is 2.46. The predicted octanol–water partition coefficient (Wildman–Crippen LogP) is 3.35. The van der Waals surface area contributed by atoms with Crippen molar-refractivity contribution in [2.24, 2.45) is 0 Å². The summed E-state index contributed by atoms with van der Waals surface area (Å²) in [6, 6.07) is 11.3. The van der Waals surface area contributed by atoms with Gasteiger partial charge < -0.3 is 10.1 Å². The highest BCUT2D eigenvalue weighted by Gasteiger charge is 2.17. The first kappa shape index (κ1) is 13.8. The first-order valence-corrected chi connectivity index (χ1v) is 5.92. The minimum atomic E-state index is -0.820. The van der Waals surface area contributed by atoms with Gasteiger partial charge in [-0.3, -0.25) is 10.1 Å². The van der Waals surface area contributed by atoms with Crippen molar-refractivity contribution in [2.45, 2.75) is 6.54 Å². The Morgan fingerprint density at radius 2 is 2.00 bits per heavy atom. The molecule has 104 valence electrons. The van der Waals surface area contributed by atoms with Gasteiger partial charge >= 0.3 is 5.69 Å². The number of anilines is 1. The number of ether oxygens (including phenoxy) is 1. The van der Waals surface area contributed by atoms with E-state index >= 15 is 0 Å². The zero-order chi connectivity index (χ0) is 14.5. The maximum atomic E-state index is 13.9. The molecule has 20 heavy (non-hydrogen) atoms. The lowest BCUT2D eigenvalue weighted by Gasteiger charge is -2.11. The Bertz CT molecular complexity index is 632. The van der Waals surface area contributed by atoms with Crippen LogP contribution in [0.25, 0.3) is 0 Å². The largest absolute Gasteiger partial charge is 0.495 e. The number of para-hydroxylation sites is 2. The maximum Gasteiger partial charge on any atom is 0.305 e.